The second kappa shape index (κ2) is 5.83. The first-order chi connectivity index (χ1) is 11.2. The highest BCUT2D eigenvalue weighted by Gasteiger charge is 2.50. The van der Waals surface area contributed by atoms with Gasteiger partial charge in [-0.15, -0.1) is 10.2 Å². The van der Waals surface area contributed by atoms with Crippen LogP contribution in [0.3, 0.4) is 0 Å². The molecule has 0 spiro atoms. The van der Waals surface area contributed by atoms with E-state index in [0.717, 1.165) is 12.3 Å². The molecule has 0 amide bonds. The Morgan fingerprint density at radius 3 is 2.62 bits per heavy atom. The van der Waals surface area contributed by atoms with Crippen LogP contribution in [0.5, 0.6) is 0 Å². The number of nitrogens with zero attached hydrogens (tertiary/aromatic N) is 4. The molecule has 1 heterocycles. The Bertz CT molecular complexity index is 770. The number of rotatable bonds is 3. The molecule has 6 heteroatoms. The topological polar surface area (TPSA) is 60.1 Å². The molecule has 1 aromatic heterocycles. The van der Waals surface area contributed by atoms with E-state index < -0.39 is 0 Å². The zero-order chi connectivity index (χ0) is 17.7. The molecule has 0 unspecified atom stereocenters. The van der Waals surface area contributed by atoms with Crippen molar-refractivity contribution in [2.24, 2.45) is 22.4 Å². The molecule has 1 aromatic rings. The van der Waals surface area contributed by atoms with Crippen LogP contribution in [0.25, 0.3) is 0 Å². The van der Waals surface area contributed by atoms with Gasteiger partial charge in [0, 0.05) is 5.41 Å². The van der Waals surface area contributed by atoms with Crippen LogP contribution >= 0.6 is 11.8 Å². The van der Waals surface area contributed by atoms with Gasteiger partial charge in [-0.05, 0) is 41.9 Å². The summed E-state index contributed by atoms with van der Waals surface area (Å²) in [5, 5.41) is 13.3. The monoisotopic (exact) mass is 346 g/mol. The normalized spacial score (nSPS) is 25.5. The summed E-state index contributed by atoms with van der Waals surface area (Å²) < 4.78 is 1.40. The summed E-state index contributed by atoms with van der Waals surface area (Å²) in [7, 11) is 0. The van der Waals surface area contributed by atoms with Gasteiger partial charge in [0.2, 0.25) is 5.16 Å². The molecule has 3 aliphatic carbocycles. The molecule has 1 saturated carbocycles. The van der Waals surface area contributed by atoms with Gasteiger partial charge in [-0.25, -0.2) is 0 Å². The Kier molecular flexibility index (Phi) is 4.22. The molecule has 3 aliphatic rings. The predicted molar refractivity (Wildman–Crippen MR) is 98.7 cm³/mol. The first kappa shape index (κ1) is 17.4. The highest BCUT2D eigenvalue weighted by Crippen LogP contribution is 2.58. The SMILES string of the molecule is CSc1nnc(C(C)(C)C)c(=O)n1/N=C\C1=CC[C@H]2C[C@H]1C2(C)C. The van der Waals surface area contributed by atoms with Gasteiger partial charge in [0.05, 0.1) is 6.21 Å². The highest BCUT2D eigenvalue weighted by molar-refractivity contribution is 7.98. The van der Waals surface area contributed by atoms with Crippen LogP contribution in [0.1, 0.15) is 53.2 Å². The van der Waals surface area contributed by atoms with Gasteiger partial charge in [0.15, 0.2) is 0 Å². The Morgan fingerprint density at radius 2 is 2.08 bits per heavy atom. The third kappa shape index (κ3) is 2.75. The summed E-state index contributed by atoms with van der Waals surface area (Å²) in [6, 6.07) is 0. The molecule has 0 N–H and O–H groups in total. The van der Waals surface area contributed by atoms with E-state index in [1.807, 2.05) is 33.2 Å². The molecule has 130 valence electrons. The maximum atomic E-state index is 12.8. The van der Waals surface area contributed by atoms with Crippen LogP contribution in [0.2, 0.25) is 0 Å². The lowest BCUT2D eigenvalue weighted by molar-refractivity contribution is -0.00127. The Balaban J connectivity index is 1.98. The first-order valence-electron chi connectivity index (χ1n) is 8.45. The summed E-state index contributed by atoms with van der Waals surface area (Å²) >= 11 is 1.38. The van der Waals surface area contributed by atoms with Crippen molar-refractivity contribution in [2.45, 2.75) is 58.0 Å². The molecule has 24 heavy (non-hydrogen) atoms. The quantitative estimate of drug-likeness (QED) is 0.621. The van der Waals surface area contributed by atoms with Crippen LogP contribution in [0.4, 0.5) is 0 Å². The molecule has 2 bridgehead atoms. The van der Waals surface area contributed by atoms with E-state index in [4.69, 9.17) is 0 Å². The van der Waals surface area contributed by atoms with Crippen LogP contribution in [0.15, 0.2) is 26.7 Å². The van der Waals surface area contributed by atoms with Gasteiger partial charge >= 0.3 is 0 Å². The molecule has 1 fully saturated rings. The van der Waals surface area contributed by atoms with Crippen molar-refractivity contribution in [3.05, 3.63) is 27.7 Å². The number of fused-ring (bicyclic) bond motifs is 1. The lowest BCUT2D eigenvalue weighted by atomic mass is 9.49. The molecular formula is C18H26N4OS. The van der Waals surface area contributed by atoms with Crippen molar-refractivity contribution >= 4 is 18.0 Å². The van der Waals surface area contributed by atoms with E-state index in [2.05, 4.69) is 35.2 Å². The second-order valence-electron chi connectivity index (χ2n) is 8.39. The fourth-order valence-electron chi connectivity index (χ4n) is 3.73. The number of hydrogen-bond donors (Lipinski definition) is 0. The van der Waals surface area contributed by atoms with Crippen molar-refractivity contribution in [3.8, 4) is 0 Å². The van der Waals surface area contributed by atoms with Crippen LogP contribution in [-0.2, 0) is 5.41 Å². The van der Waals surface area contributed by atoms with Gasteiger partial charge < -0.3 is 0 Å². The lowest BCUT2D eigenvalue weighted by Gasteiger charge is -2.55. The minimum absolute atomic E-state index is 0.180. The van der Waals surface area contributed by atoms with Gasteiger partial charge in [-0.1, -0.05) is 52.5 Å². The summed E-state index contributed by atoms with van der Waals surface area (Å²) in [6.07, 6.45) is 8.35. The second-order valence-corrected chi connectivity index (χ2v) is 9.17. The zero-order valence-electron chi connectivity index (χ0n) is 15.3. The minimum atomic E-state index is -0.356. The number of hydrogen-bond acceptors (Lipinski definition) is 5. The third-order valence-electron chi connectivity index (χ3n) is 5.54. The molecule has 0 radical (unpaired) electrons. The van der Waals surface area contributed by atoms with E-state index in [-0.39, 0.29) is 11.0 Å². The van der Waals surface area contributed by atoms with E-state index in [0.29, 0.717) is 22.2 Å². The predicted octanol–water partition coefficient (Wildman–Crippen LogP) is 3.48. The molecule has 0 aromatic carbocycles. The number of allylic oxidation sites excluding steroid dienone is 2. The fraction of sp³-hybridized carbons (Fsp3) is 0.667. The Hall–Kier alpha value is -1.43. The zero-order valence-corrected chi connectivity index (χ0v) is 16.1. The molecule has 5 nitrogen and oxygen atoms in total. The van der Waals surface area contributed by atoms with Gasteiger partial charge in [-0.2, -0.15) is 9.78 Å². The van der Waals surface area contributed by atoms with E-state index in [1.165, 1.54) is 28.4 Å². The summed E-state index contributed by atoms with van der Waals surface area (Å²) in [5.41, 5.74) is 1.50. The average Bonchev–Trinajstić information content (AvgIpc) is 2.52. The fourth-order valence-corrected chi connectivity index (χ4v) is 4.16. The summed E-state index contributed by atoms with van der Waals surface area (Å²) in [6.45, 7) is 10.6. The van der Waals surface area contributed by atoms with Crippen molar-refractivity contribution in [1.82, 2.24) is 14.9 Å². The van der Waals surface area contributed by atoms with E-state index in [9.17, 15) is 4.79 Å². The van der Waals surface area contributed by atoms with Crippen molar-refractivity contribution < 1.29 is 0 Å². The van der Waals surface area contributed by atoms with Crippen molar-refractivity contribution in [3.63, 3.8) is 0 Å². The molecule has 4 rings (SSSR count). The molecule has 0 saturated heterocycles. The van der Waals surface area contributed by atoms with E-state index >= 15 is 0 Å². The maximum Gasteiger partial charge on any atom is 0.297 e. The van der Waals surface area contributed by atoms with Gasteiger partial charge in [0.1, 0.15) is 5.69 Å². The van der Waals surface area contributed by atoms with Crippen LogP contribution in [0, 0.1) is 17.3 Å². The lowest BCUT2D eigenvalue weighted by Crippen LogP contribution is -2.48. The van der Waals surface area contributed by atoms with Crippen molar-refractivity contribution in [1.29, 1.82) is 0 Å². The first-order valence-corrected chi connectivity index (χ1v) is 9.67. The van der Waals surface area contributed by atoms with Gasteiger partial charge in [0.25, 0.3) is 5.56 Å². The summed E-state index contributed by atoms with van der Waals surface area (Å²) in [5.74, 6) is 1.34. The maximum absolute atomic E-state index is 12.8. The highest BCUT2D eigenvalue weighted by atomic mass is 32.2. The van der Waals surface area contributed by atoms with Crippen LogP contribution in [-0.4, -0.2) is 27.3 Å². The van der Waals surface area contributed by atoms with Crippen LogP contribution < -0.4 is 5.56 Å². The molecular weight excluding hydrogens is 320 g/mol. The standard InChI is InChI=1S/C18H26N4OS/c1-17(2,3)14-15(23)22(16(24-6)21-20-14)19-10-11-7-8-12-9-13(11)18(12,4)5/h7,10,12-13H,8-9H2,1-6H3/b19-10-/t12-,13+/m0/s1. The Morgan fingerprint density at radius 1 is 1.38 bits per heavy atom. The van der Waals surface area contributed by atoms with Gasteiger partial charge in [-0.3, -0.25) is 4.79 Å². The third-order valence-corrected chi connectivity index (χ3v) is 6.16. The number of thioether (sulfide) groups is 1. The van der Waals surface area contributed by atoms with E-state index in [1.54, 1.807) is 0 Å². The summed E-state index contributed by atoms with van der Waals surface area (Å²) in [4.78, 5) is 12.8. The Labute approximate surface area is 147 Å². The average molecular weight is 347 g/mol. The largest absolute Gasteiger partial charge is 0.297 e. The smallest absolute Gasteiger partial charge is 0.265 e. The molecule has 0 aliphatic heterocycles. The minimum Gasteiger partial charge on any atom is -0.265 e. The number of aromatic nitrogens is 3. The van der Waals surface area contributed by atoms with Crippen molar-refractivity contribution in [2.75, 3.05) is 6.26 Å². The molecule has 2 atom stereocenters.